The van der Waals surface area contributed by atoms with Crippen molar-refractivity contribution in [1.29, 1.82) is 0 Å². The number of carbonyl (C=O) groups is 1. The number of aromatic amines is 1. The van der Waals surface area contributed by atoms with Crippen LogP contribution in [-0.2, 0) is 11.2 Å². The lowest BCUT2D eigenvalue weighted by Crippen LogP contribution is -2.74. The molecule has 1 aromatic carbocycles. The summed E-state index contributed by atoms with van der Waals surface area (Å²) in [6, 6.07) is 9.38. The number of H-pyrrole nitrogens is 1. The molecule has 1 spiro atoms. The smallest absolute Gasteiger partial charge is 0.131 e. The van der Waals surface area contributed by atoms with Gasteiger partial charge in [0.25, 0.3) is 0 Å². The molecule has 1 aliphatic carbocycles. The number of nitrogens with one attached hydrogen (secondary N) is 2. The van der Waals surface area contributed by atoms with Crippen LogP contribution in [0.1, 0.15) is 101 Å². The molecule has 2 bridgehead atoms. The molecular formula is C39H54N4O2. The van der Waals surface area contributed by atoms with Crippen molar-refractivity contribution in [2.24, 2.45) is 17.3 Å². The number of hydrogen-bond donors (Lipinski definition) is 3. The predicted octanol–water partition coefficient (Wildman–Crippen LogP) is 6.47. The first-order chi connectivity index (χ1) is 22.0. The predicted molar refractivity (Wildman–Crippen MR) is 181 cm³/mol. The maximum atomic E-state index is 13.3. The van der Waals surface area contributed by atoms with Gasteiger partial charge in [0.2, 0.25) is 0 Å². The van der Waals surface area contributed by atoms with Crippen LogP contribution in [0.2, 0.25) is 0 Å². The molecule has 0 amide bonds. The van der Waals surface area contributed by atoms with Crippen LogP contribution in [0, 0.1) is 17.3 Å². The summed E-state index contributed by atoms with van der Waals surface area (Å²) in [7, 11) is 0. The highest BCUT2D eigenvalue weighted by Gasteiger charge is 2.74. The normalized spacial score (nSPS) is 40.6. The molecule has 3 N–H and O–H groups in total. The minimum Gasteiger partial charge on any atom is -0.391 e. The number of hydrogen-bond acceptors (Lipinski definition) is 5. The number of piperidine rings is 1. The molecule has 6 heterocycles. The van der Waals surface area contributed by atoms with Crippen molar-refractivity contribution in [3.63, 3.8) is 0 Å². The lowest BCUT2D eigenvalue weighted by Gasteiger charge is -2.64. The summed E-state index contributed by atoms with van der Waals surface area (Å²) in [4.78, 5) is 22.3. The van der Waals surface area contributed by atoms with Crippen molar-refractivity contribution >= 4 is 16.7 Å². The third-order valence-corrected chi connectivity index (χ3v) is 13.2. The van der Waals surface area contributed by atoms with Crippen LogP contribution in [0.25, 0.3) is 10.9 Å². The van der Waals surface area contributed by atoms with E-state index < -0.39 is 6.10 Å². The van der Waals surface area contributed by atoms with Crippen molar-refractivity contribution in [2.75, 3.05) is 26.2 Å². The van der Waals surface area contributed by atoms with Crippen molar-refractivity contribution in [3.8, 4) is 0 Å². The van der Waals surface area contributed by atoms with E-state index >= 15 is 0 Å². The maximum absolute atomic E-state index is 13.3. The van der Waals surface area contributed by atoms with Crippen molar-refractivity contribution in [1.82, 2.24) is 20.1 Å². The zero-order valence-corrected chi connectivity index (χ0v) is 27.4. The van der Waals surface area contributed by atoms with E-state index in [0.717, 1.165) is 71.1 Å². The number of Topliss-reactive ketones (excluding diaryl/α,β-unsaturated/α-hetero) is 1. The molecule has 45 heavy (non-hydrogen) atoms. The number of aliphatic hydroxyl groups is 1. The number of para-hydroxylation sites is 1. The largest absolute Gasteiger partial charge is 0.391 e. The van der Waals surface area contributed by atoms with E-state index in [-0.39, 0.29) is 35.0 Å². The van der Waals surface area contributed by atoms with Gasteiger partial charge in [-0.05, 0) is 115 Å². The minimum absolute atomic E-state index is 0.0566. The first-order valence-corrected chi connectivity index (χ1v) is 18.4. The SMILES string of the molecule is CC(=O)C[C@H]1CC2[C@H]([C@@H]3c4[nH]c5ccccc5c4CCN13)[C@H](O)C13CC/C=C\CCCCN1C[C@]21CC/C=C\CCCCN[C@@H]31. The van der Waals surface area contributed by atoms with Gasteiger partial charge in [0.05, 0.1) is 17.7 Å². The van der Waals surface area contributed by atoms with E-state index in [9.17, 15) is 9.90 Å². The first kappa shape index (κ1) is 30.1. The van der Waals surface area contributed by atoms with Gasteiger partial charge >= 0.3 is 0 Å². The number of aromatic nitrogens is 1. The number of benzene rings is 1. The summed E-state index contributed by atoms with van der Waals surface area (Å²) >= 11 is 0. The molecule has 8 atom stereocenters. The molecule has 1 aromatic heterocycles. The number of carbonyl (C=O) groups excluding carboxylic acids is 1. The molecule has 6 heteroatoms. The fourth-order valence-electron chi connectivity index (χ4n) is 11.6. The Morgan fingerprint density at radius 1 is 0.978 bits per heavy atom. The van der Waals surface area contributed by atoms with Crippen LogP contribution in [-0.4, -0.2) is 75.6 Å². The van der Waals surface area contributed by atoms with Crippen molar-refractivity contribution in [3.05, 3.63) is 59.8 Å². The summed E-state index contributed by atoms with van der Waals surface area (Å²) in [5.74, 6) is 0.770. The number of rotatable bonds is 2. The molecule has 6 nitrogen and oxygen atoms in total. The third-order valence-electron chi connectivity index (χ3n) is 13.2. The van der Waals surface area contributed by atoms with E-state index in [2.05, 4.69) is 68.7 Å². The highest BCUT2D eigenvalue weighted by atomic mass is 16.3. The van der Waals surface area contributed by atoms with Gasteiger partial charge in [0.1, 0.15) is 5.78 Å². The first-order valence-electron chi connectivity index (χ1n) is 18.4. The Morgan fingerprint density at radius 3 is 2.60 bits per heavy atom. The Hall–Kier alpha value is -2.25. The molecular weight excluding hydrogens is 556 g/mol. The van der Waals surface area contributed by atoms with Gasteiger partial charge in [-0.3, -0.25) is 14.6 Å². The molecule has 5 aliphatic heterocycles. The second-order valence-electron chi connectivity index (χ2n) is 15.5. The number of ketones is 1. The average Bonchev–Trinajstić information content (AvgIpc) is 3.51. The third kappa shape index (κ3) is 4.76. The van der Waals surface area contributed by atoms with Crippen LogP contribution in [0.4, 0.5) is 0 Å². The highest BCUT2D eigenvalue weighted by molar-refractivity contribution is 5.85. The minimum atomic E-state index is -0.438. The molecule has 2 saturated heterocycles. The van der Waals surface area contributed by atoms with Crippen LogP contribution in [0.5, 0.6) is 0 Å². The van der Waals surface area contributed by atoms with Gasteiger partial charge in [0, 0.05) is 59.5 Å². The lowest BCUT2D eigenvalue weighted by molar-refractivity contribution is -0.174. The fourth-order valence-corrected chi connectivity index (χ4v) is 11.6. The van der Waals surface area contributed by atoms with Gasteiger partial charge in [-0.15, -0.1) is 0 Å². The summed E-state index contributed by atoms with van der Waals surface area (Å²) in [6.45, 7) is 5.91. The fraction of sp³-hybridized carbons (Fsp3) is 0.667. The summed E-state index contributed by atoms with van der Waals surface area (Å²) in [6.07, 6.45) is 23.3. The van der Waals surface area contributed by atoms with Gasteiger partial charge in [-0.1, -0.05) is 42.5 Å². The van der Waals surface area contributed by atoms with E-state index in [1.165, 1.54) is 54.3 Å². The monoisotopic (exact) mass is 610 g/mol. The number of allylic oxidation sites excluding steroid dienone is 4. The van der Waals surface area contributed by atoms with E-state index in [1.54, 1.807) is 6.92 Å². The number of aliphatic hydroxyl groups excluding tert-OH is 1. The number of fused-ring (bicyclic) bond motifs is 7. The zero-order valence-electron chi connectivity index (χ0n) is 27.4. The van der Waals surface area contributed by atoms with Crippen molar-refractivity contribution < 1.29 is 9.90 Å². The molecule has 8 rings (SSSR count). The van der Waals surface area contributed by atoms with E-state index in [4.69, 9.17) is 0 Å². The van der Waals surface area contributed by atoms with Gasteiger partial charge < -0.3 is 15.4 Å². The lowest BCUT2D eigenvalue weighted by atomic mass is 9.48. The molecule has 6 aliphatic rings. The quantitative estimate of drug-likeness (QED) is 0.340. The van der Waals surface area contributed by atoms with Crippen LogP contribution < -0.4 is 5.32 Å². The molecule has 242 valence electrons. The maximum Gasteiger partial charge on any atom is 0.131 e. The molecule has 2 aromatic rings. The van der Waals surface area contributed by atoms with E-state index in [1.807, 2.05) is 0 Å². The Kier molecular flexibility index (Phi) is 8.08. The standard InChI is InChI=1S/C39H54N4O2/c1-27(44)24-28-25-31-33(35-34-30(18-23-43(28)35)29-16-10-11-17-32(29)41-34)36(45)39-20-13-7-3-5-9-15-22-42(39)26-38(31)19-12-6-2-4-8-14-21-40-37(38)39/h2-3,6-7,10-11,16-17,28,31,33,35-37,40-41,45H,4-5,8-9,12-15,18-26H2,1H3/b6-2-,7-3-/t28-,31?,33+,35+,36-,37+,38+,39?/m0/s1. The Bertz CT molecular complexity index is 1460. The van der Waals surface area contributed by atoms with Crippen LogP contribution >= 0.6 is 0 Å². The second-order valence-corrected chi connectivity index (χ2v) is 15.5. The van der Waals surface area contributed by atoms with Gasteiger partial charge in [-0.25, -0.2) is 0 Å². The van der Waals surface area contributed by atoms with Gasteiger partial charge in [-0.2, -0.15) is 0 Å². The summed E-state index contributed by atoms with van der Waals surface area (Å²) in [5, 5.41) is 18.9. The number of nitrogens with zero attached hydrogens (tertiary/aromatic N) is 2. The second kappa shape index (κ2) is 12.1. The Balaban J connectivity index is 1.33. The Labute approximate surface area is 269 Å². The molecule has 0 radical (unpaired) electrons. The topological polar surface area (TPSA) is 71.6 Å². The van der Waals surface area contributed by atoms with Crippen LogP contribution in [0.3, 0.4) is 0 Å². The van der Waals surface area contributed by atoms with Crippen molar-refractivity contribution in [2.45, 2.75) is 120 Å². The van der Waals surface area contributed by atoms with Gasteiger partial charge in [0.15, 0.2) is 0 Å². The molecule has 1 saturated carbocycles. The average molecular weight is 611 g/mol. The summed E-state index contributed by atoms with van der Waals surface area (Å²) < 4.78 is 0. The molecule has 2 unspecified atom stereocenters. The zero-order chi connectivity index (χ0) is 30.6. The Morgan fingerprint density at radius 2 is 1.76 bits per heavy atom. The highest BCUT2D eigenvalue weighted by Crippen LogP contribution is 2.66. The van der Waals surface area contributed by atoms with Crippen LogP contribution in [0.15, 0.2) is 48.6 Å². The molecule has 3 fully saturated rings. The summed E-state index contributed by atoms with van der Waals surface area (Å²) in [5.41, 5.74) is 3.75. The van der Waals surface area contributed by atoms with E-state index in [0.29, 0.717) is 18.1 Å².